The summed E-state index contributed by atoms with van der Waals surface area (Å²) in [5.41, 5.74) is 3.43. The lowest BCUT2D eigenvalue weighted by molar-refractivity contribution is -0.120. The van der Waals surface area contributed by atoms with Gasteiger partial charge in [-0.1, -0.05) is 25.1 Å². The second-order valence-electron chi connectivity index (χ2n) is 8.45. The summed E-state index contributed by atoms with van der Waals surface area (Å²) >= 11 is 0. The van der Waals surface area contributed by atoms with Crippen LogP contribution in [0.15, 0.2) is 47.4 Å². The zero-order chi connectivity index (χ0) is 22.2. The Morgan fingerprint density at radius 2 is 1.87 bits per heavy atom. The van der Waals surface area contributed by atoms with Crippen molar-refractivity contribution >= 4 is 33.0 Å². The van der Waals surface area contributed by atoms with Gasteiger partial charge in [-0.05, 0) is 68.0 Å². The van der Waals surface area contributed by atoms with E-state index in [1.807, 2.05) is 43.0 Å². The topological polar surface area (TPSA) is 83.6 Å². The van der Waals surface area contributed by atoms with Gasteiger partial charge in [0.1, 0.15) is 0 Å². The van der Waals surface area contributed by atoms with Crippen LogP contribution in [-0.2, 0) is 32.3 Å². The normalized spacial score (nSPS) is 18.0. The number of fused-ring (bicyclic) bond motifs is 1. The molecule has 2 aromatic carbocycles. The highest BCUT2D eigenvalue weighted by molar-refractivity contribution is 7.91. The van der Waals surface area contributed by atoms with Gasteiger partial charge in [-0.15, -0.1) is 0 Å². The Bertz CT molecular complexity index is 1120. The Labute approximate surface area is 183 Å². The molecule has 0 aromatic heterocycles. The molecule has 0 unspecified atom stereocenters. The summed E-state index contributed by atoms with van der Waals surface area (Å²) in [4.78, 5) is 27.0. The summed E-state index contributed by atoms with van der Waals surface area (Å²) < 4.78 is 25.7. The maximum absolute atomic E-state index is 12.9. The summed E-state index contributed by atoms with van der Waals surface area (Å²) in [6.45, 7) is 4.00. The lowest BCUT2D eigenvalue weighted by Crippen LogP contribution is -2.36. The third-order valence-corrected chi connectivity index (χ3v) is 7.77. The molecular weight excluding hydrogens is 412 g/mol. The van der Waals surface area contributed by atoms with Gasteiger partial charge < -0.3 is 10.2 Å². The first-order chi connectivity index (χ1) is 14.8. The summed E-state index contributed by atoms with van der Waals surface area (Å²) in [5, 5.41) is 2.82. The highest BCUT2D eigenvalue weighted by Crippen LogP contribution is 2.39. The van der Waals surface area contributed by atoms with Crippen molar-refractivity contribution < 1.29 is 18.0 Å². The van der Waals surface area contributed by atoms with E-state index in [2.05, 4.69) is 5.32 Å². The number of aryl methyl sites for hydroxylation is 1. The average molecular weight is 441 g/mol. The van der Waals surface area contributed by atoms with Gasteiger partial charge in [0.05, 0.1) is 10.6 Å². The van der Waals surface area contributed by atoms with Gasteiger partial charge in [-0.25, -0.2) is 8.42 Å². The second-order valence-corrected chi connectivity index (χ2v) is 10.6. The van der Waals surface area contributed by atoms with Gasteiger partial charge in [-0.3, -0.25) is 9.59 Å². The minimum Gasteiger partial charge on any atom is -0.326 e. The van der Waals surface area contributed by atoms with E-state index >= 15 is 0 Å². The highest BCUT2D eigenvalue weighted by Gasteiger charge is 2.39. The third-order valence-electron chi connectivity index (χ3n) is 6.06. The zero-order valence-electron chi connectivity index (χ0n) is 17.9. The molecular formula is C24H28N2O4S. The lowest BCUT2D eigenvalue weighted by Gasteiger charge is -2.22. The maximum Gasteiger partial charge on any atom is 0.230 e. The molecule has 164 valence electrons. The van der Waals surface area contributed by atoms with Crippen LogP contribution in [0, 0.1) is 5.92 Å². The number of hydrogen-bond donors (Lipinski definition) is 1. The molecule has 1 saturated carbocycles. The van der Waals surface area contributed by atoms with Crippen molar-refractivity contribution in [3.63, 3.8) is 0 Å². The van der Waals surface area contributed by atoms with Gasteiger partial charge in [0.15, 0.2) is 9.84 Å². The summed E-state index contributed by atoms with van der Waals surface area (Å²) in [7, 11) is -3.61. The number of anilines is 2. The fraction of sp³-hybridized carbons (Fsp3) is 0.417. The van der Waals surface area contributed by atoms with Crippen LogP contribution in [0.3, 0.4) is 0 Å². The van der Waals surface area contributed by atoms with Crippen LogP contribution >= 0.6 is 0 Å². The number of amides is 2. The molecule has 1 atom stereocenters. The Kier molecular flexibility index (Phi) is 5.88. The third kappa shape index (κ3) is 4.51. The molecule has 0 radical (unpaired) electrons. The Hall–Kier alpha value is -2.67. The fourth-order valence-corrected chi connectivity index (χ4v) is 5.46. The number of para-hydroxylation sites is 1. The number of rotatable bonds is 7. The van der Waals surface area contributed by atoms with Gasteiger partial charge in [-0.2, -0.15) is 0 Å². The molecule has 4 rings (SSSR count). The molecule has 1 fully saturated rings. The van der Waals surface area contributed by atoms with E-state index in [1.54, 1.807) is 18.2 Å². The number of nitrogens with zero attached hydrogens (tertiary/aromatic N) is 1. The van der Waals surface area contributed by atoms with E-state index in [0.717, 1.165) is 41.8 Å². The number of hydrogen-bond acceptors (Lipinski definition) is 4. The molecule has 7 heteroatoms. The second kappa shape index (κ2) is 8.46. The van der Waals surface area contributed by atoms with Crippen LogP contribution in [0.25, 0.3) is 0 Å². The predicted octanol–water partition coefficient (Wildman–Crippen LogP) is 3.74. The van der Waals surface area contributed by atoms with Crippen LogP contribution < -0.4 is 10.2 Å². The maximum atomic E-state index is 12.9. The van der Waals surface area contributed by atoms with Crippen LogP contribution in [0.4, 0.5) is 11.4 Å². The van der Waals surface area contributed by atoms with Crippen molar-refractivity contribution in [2.75, 3.05) is 16.0 Å². The number of nitrogens with one attached hydrogen (secondary N) is 1. The van der Waals surface area contributed by atoms with E-state index in [4.69, 9.17) is 0 Å². The van der Waals surface area contributed by atoms with Gasteiger partial charge in [0, 0.05) is 29.8 Å². The largest absolute Gasteiger partial charge is 0.326 e. The Morgan fingerprint density at radius 1 is 1.13 bits per heavy atom. The van der Waals surface area contributed by atoms with Crippen molar-refractivity contribution in [3.05, 3.63) is 53.6 Å². The fourth-order valence-electron chi connectivity index (χ4n) is 4.17. The molecule has 0 saturated heterocycles. The molecule has 1 N–H and O–H groups in total. The molecule has 2 aliphatic rings. The summed E-state index contributed by atoms with van der Waals surface area (Å²) in [6, 6.07) is 12.5. The van der Waals surface area contributed by atoms with Gasteiger partial charge in [0.25, 0.3) is 0 Å². The van der Waals surface area contributed by atoms with E-state index in [9.17, 15) is 18.0 Å². The van der Waals surface area contributed by atoms with E-state index in [0.29, 0.717) is 6.42 Å². The number of carbonyl (C=O) groups excluding carboxylic acids is 2. The molecule has 1 aliphatic carbocycles. The van der Waals surface area contributed by atoms with Crippen LogP contribution in [0.1, 0.15) is 44.2 Å². The van der Waals surface area contributed by atoms with Crippen LogP contribution in [0.5, 0.6) is 0 Å². The predicted molar refractivity (Wildman–Crippen MR) is 121 cm³/mol. The van der Waals surface area contributed by atoms with Crippen LogP contribution in [0.2, 0.25) is 0 Å². The molecule has 2 aromatic rings. The van der Waals surface area contributed by atoms with Crippen LogP contribution in [-0.4, -0.2) is 32.0 Å². The Balaban J connectivity index is 1.44. The number of carbonyl (C=O) groups is 2. The SMILES string of the molecule is CCc1ccccc1NC(=O)CCS(=O)(=O)c1ccc2c(c1)C[C@@H](C)N2C(=O)C1CC1. The quantitative estimate of drug-likeness (QED) is 0.711. The minimum atomic E-state index is -3.61. The van der Waals surface area contributed by atoms with Crippen molar-refractivity contribution in [2.24, 2.45) is 5.92 Å². The van der Waals surface area contributed by atoms with E-state index in [1.165, 1.54) is 0 Å². The van der Waals surface area contributed by atoms with E-state index < -0.39 is 9.84 Å². The van der Waals surface area contributed by atoms with Gasteiger partial charge in [0.2, 0.25) is 11.8 Å². The Morgan fingerprint density at radius 3 is 2.58 bits per heavy atom. The first-order valence-corrected chi connectivity index (χ1v) is 12.5. The number of sulfone groups is 1. The van der Waals surface area contributed by atoms with Crippen molar-refractivity contribution in [3.8, 4) is 0 Å². The van der Waals surface area contributed by atoms with Crippen molar-refractivity contribution in [2.45, 2.75) is 56.9 Å². The first kappa shape index (κ1) is 21.6. The molecule has 2 amide bonds. The standard InChI is InChI=1S/C24H28N2O4S/c1-3-17-6-4-5-7-21(17)25-23(27)12-13-31(29,30)20-10-11-22-19(15-20)14-16(2)26(22)24(28)18-8-9-18/h4-7,10-11,15-16,18H,3,8-9,12-14H2,1-2H3,(H,25,27)/t16-/m1/s1. The zero-order valence-corrected chi connectivity index (χ0v) is 18.7. The van der Waals surface area contributed by atoms with Crippen molar-refractivity contribution in [1.82, 2.24) is 0 Å². The molecule has 1 aliphatic heterocycles. The molecule has 1 heterocycles. The monoisotopic (exact) mass is 440 g/mol. The molecule has 0 bridgehead atoms. The molecule has 6 nitrogen and oxygen atoms in total. The highest BCUT2D eigenvalue weighted by atomic mass is 32.2. The number of benzene rings is 2. The smallest absolute Gasteiger partial charge is 0.230 e. The summed E-state index contributed by atoms with van der Waals surface area (Å²) in [5.74, 6) is -0.314. The molecule has 0 spiro atoms. The minimum absolute atomic E-state index is 0.0328. The average Bonchev–Trinajstić information content (AvgIpc) is 3.54. The lowest BCUT2D eigenvalue weighted by atomic mass is 10.1. The first-order valence-electron chi connectivity index (χ1n) is 10.9. The summed E-state index contributed by atoms with van der Waals surface area (Å²) in [6.07, 6.45) is 3.19. The molecule has 31 heavy (non-hydrogen) atoms. The van der Waals surface area contributed by atoms with E-state index in [-0.39, 0.29) is 40.8 Å². The van der Waals surface area contributed by atoms with Crippen molar-refractivity contribution in [1.29, 1.82) is 0 Å². The van der Waals surface area contributed by atoms with Gasteiger partial charge >= 0.3 is 0 Å².